The Hall–Kier alpha value is -1.06. The van der Waals surface area contributed by atoms with Crippen LogP contribution in [-0.2, 0) is 0 Å². The summed E-state index contributed by atoms with van der Waals surface area (Å²) >= 11 is 5.62. The zero-order valence-electron chi connectivity index (χ0n) is 9.29. The van der Waals surface area contributed by atoms with Gasteiger partial charge in [0.05, 0.1) is 11.3 Å². The Morgan fingerprint density at radius 3 is 2.69 bits per heavy atom. The number of rotatable bonds is 2. The predicted molar refractivity (Wildman–Crippen MR) is 66.4 cm³/mol. The van der Waals surface area contributed by atoms with Gasteiger partial charge in [0, 0.05) is 26.2 Å². The number of nitrogens with zero attached hydrogens (tertiary/aromatic N) is 1. The molecule has 3 nitrogen and oxygen atoms in total. The lowest BCUT2D eigenvalue weighted by atomic mass is 10.1. The Morgan fingerprint density at radius 1 is 1.38 bits per heavy atom. The number of carbonyl (C=O) groups is 1. The summed E-state index contributed by atoms with van der Waals surface area (Å²) in [5.41, 5.74) is 2.71. The first-order chi connectivity index (χ1) is 7.70. The Morgan fingerprint density at radius 2 is 2.06 bits per heavy atom. The van der Waals surface area contributed by atoms with Crippen molar-refractivity contribution in [2.24, 2.45) is 0 Å². The number of halogens is 1. The summed E-state index contributed by atoms with van der Waals surface area (Å²) in [4.78, 5) is 13.6. The number of anilines is 1. The summed E-state index contributed by atoms with van der Waals surface area (Å²) in [6, 6.07) is 5.68. The van der Waals surface area contributed by atoms with Crippen molar-refractivity contribution in [3.63, 3.8) is 0 Å². The maximum Gasteiger partial charge on any atom is 0.254 e. The van der Waals surface area contributed by atoms with Crippen molar-refractivity contribution in [1.82, 2.24) is 5.32 Å². The molecular formula is C12H15ClN2O. The molecule has 0 aromatic heterocycles. The topological polar surface area (TPSA) is 32.3 Å². The van der Waals surface area contributed by atoms with Crippen molar-refractivity contribution in [3.05, 3.63) is 29.3 Å². The molecule has 1 aliphatic heterocycles. The summed E-state index contributed by atoms with van der Waals surface area (Å²) in [5, 5.41) is 2.92. The van der Waals surface area contributed by atoms with Crippen LogP contribution in [0.5, 0.6) is 0 Å². The molecule has 1 saturated heterocycles. The number of carbonyl (C=O) groups excluding carboxylic acids is 1. The van der Waals surface area contributed by atoms with Crippen molar-refractivity contribution in [3.8, 4) is 0 Å². The summed E-state index contributed by atoms with van der Waals surface area (Å²) < 4.78 is 0. The Kier molecular flexibility index (Phi) is 3.46. The number of hydrogen-bond donors (Lipinski definition) is 1. The molecule has 86 valence electrons. The van der Waals surface area contributed by atoms with Crippen LogP contribution in [-0.4, -0.2) is 31.4 Å². The fraction of sp³-hybridized carbons (Fsp3) is 0.417. The Bertz CT molecular complexity index is 400. The SMILES string of the molecule is Cc1cccc(C(=O)Cl)c1N1CCNCC1. The molecule has 16 heavy (non-hydrogen) atoms. The average molecular weight is 239 g/mol. The van der Waals surface area contributed by atoms with Crippen LogP contribution < -0.4 is 10.2 Å². The van der Waals surface area contributed by atoms with Crippen molar-refractivity contribution < 1.29 is 4.79 Å². The van der Waals surface area contributed by atoms with Crippen LogP contribution in [0.25, 0.3) is 0 Å². The lowest BCUT2D eigenvalue weighted by Gasteiger charge is -2.31. The molecule has 4 heteroatoms. The van der Waals surface area contributed by atoms with E-state index in [-0.39, 0.29) is 5.24 Å². The predicted octanol–water partition coefficient (Wildman–Crippen LogP) is 1.78. The quantitative estimate of drug-likeness (QED) is 0.798. The molecule has 1 aromatic carbocycles. The van der Waals surface area contributed by atoms with E-state index in [0.29, 0.717) is 5.56 Å². The second-order valence-electron chi connectivity index (χ2n) is 3.98. The minimum Gasteiger partial charge on any atom is -0.368 e. The van der Waals surface area contributed by atoms with Gasteiger partial charge in [-0.15, -0.1) is 0 Å². The van der Waals surface area contributed by atoms with Gasteiger partial charge in [0.25, 0.3) is 5.24 Å². The zero-order chi connectivity index (χ0) is 11.5. The van der Waals surface area contributed by atoms with Gasteiger partial charge in [-0.05, 0) is 30.2 Å². The molecule has 1 aromatic rings. The van der Waals surface area contributed by atoms with E-state index in [0.717, 1.165) is 37.4 Å². The zero-order valence-corrected chi connectivity index (χ0v) is 10.0. The van der Waals surface area contributed by atoms with Crippen LogP contribution in [0, 0.1) is 6.92 Å². The fourth-order valence-electron chi connectivity index (χ4n) is 2.13. The molecule has 0 aliphatic carbocycles. The smallest absolute Gasteiger partial charge is 0.254 e. The van der Waals surface area contributed by atoms with Crippen molar-refractivity contribution in [1.29, 1.82) is 0 Å². The molecule has 1 fully saturated rings. The number of para-hydroxylation sites is 1. The molecule has 0 radical (unpaired) electrons. The minimum atomic E-state index is -0.378. The third-order valence-corrected chi connectivity index (χ3v) is 3.09. The van der Waals surface area contributed by atoms with Gasteiger partial charge in [0.2, 0.25) is 0 Å². The van der Waals surface area contributed by atoms with Gasteiger partial charge >= 0.3 is 0 Å². The second-order valence-corrected chi connectivity index (χ2v) is 4.33. The fourth-order valence-corrected chi connectivity index (χ4v) is 2.28. The minimum absolute atomic E-state index is 0.378. The lowest BCUT2D eigenvalue weighted by Crippen LogP contribution is -2.44. The van der Waals surface area contributed by atoms with Gasteiger partial charge in [0.1, 0.15) is 0 Å². The third kappa shape index (κ3) is 2.20. The number of piperazine rings is 1. The maximum absolute atomic E-state index is 11.4. The first kappa shape index (κ1) is 11.4. The Balaban J connectivity index is 2.40. The summed E-state index contributed by atoms with van der Waals surface area (Å²) in [6.45, 7) is 5.75. The third-order valence-electron chi connectivity index (χ3n) is 2.88. The number of aryl methyl sites for hydroxylation is 1. The lowest BCUT2D eigenvalue weighted by molar-refractivity contribution is 0.108. The first-order valence-corrected chi connectivity index (χ1v) is 5.83. The molecule has 2 rings (SSSR count). The van der Waals surface area contributed by atoms with Crippen LogP contribution in [0.2, 0.25) is 0 Å². The van der Waals surface area contributed by atoms with Crippen molar-refractivity contribution in [2.75, 3.05) is 31.1 Å². The van der Waals surface area contributed by atoms with E-state index in [2.05, 4.69) is 10.2 Å². The van der Waals surface area contributed by atoms with Gasteiger partial charge < -0.3 is 10.2 Å². The number of nitrogens with one attached hydrogen (secondary N) is 1. The molecule has 0 unspecified atom stereocenters. The molecule has 0 amide bonds. The van der Waals surface area contributed by atoms with Crippen LogP contribution in [0.15, 0.2) is 18.2 Å². The summed E-state index contributed by atoms with van der Waals surface area (Å²) in [6.07, 6.45) is 0. The van der Waals surface area contributed by atoms with E-state index in [1.165, 1.54) is 0 Å². The number of benzene rings is 1. The Labute approximate surface area is 100 Å². The van der Waals surface area contributed by atoms with E-state index >= 15 is 0 Å². The van der Waals surface area contributed by atoms with Gasteiger partial charge in [-0.1, -0.05) is 12.1 Å². The largest absolute Gasteiger partial charge is 0.368 e. The monoisotopic (exact) mass is 238 g/mol. The molecular weight excluding hydrogens is 224 g/mol. The van der Waals surface area contributed by atoms with Crippen LogP contribution >= 0.6 is 11.6 Å². The summed E-state index contributed by atoms with van der Waals surface area (Å²) in [5.74, 6) is 0. The number of hydrogen-bond acceptors (Lipinski definition) is 3. The summed E-state index contributed by atoms with van der Waals surface area (Å²) in [7, 11) is 0. The average Bonchev–Trinajstić information content (AvgIpc) is 2.29. The van der Waals surface area contributed by atoms with E-state index in [1.807, 2.05) is 19.1 Å². The van der Waals surface area contributed by atoms with Crippen LogP contribution in [0.1, 0.15) is 15.9 Å². The molecule has 1 heterocycles. The van der Waals surface area contributed by atoms with Gasteiger partial charge in [-0.25, -0.2) is 0 Å². The molecule has 0 saturated carbocycles. The van der Waals surface area contributed by atoms with Crippen LogP contribution in [0.3, 0.4) is 0 Å². The highest BCUT2D eigenvalue weighted by molar-refractivity contribution is 6.68. The van der Waals surface area contributed by atoms with Crippen LogP contribution in [0.4, 0.5) is 5.69 Å². The standard InChI is InChI=1S/C12H15ClN2O/c1-9-3-2-4-10(12(13)16)11(9)15-7-5-14-6-8-15/h2-4,14H,5-8H2,1H3. The van der Waals surface area contributed by atoms with E-state index in [9.17, 15) is 4.79 Å². The normalized spacial score (nSPS) is 16.2. The van der Waals surface area contributed by atoms with Gasteiger partial charge in [-0.2, -0.15) is 0 Å². The molecule has 0 bridgehead atoms. The van der Waals surface area contributed by atoms with Crippen molar-refractivity contribution in [2.45, 2.75) is 6.92 Å². The highest BCUT2D eigenvalue weighted by Crippen LogP contribution is 2.26. The second kappa shape index (κ2) is 4.85. The van der Waals surface area contributed by atoms with Crippen molar-refractivity contribution >= 4 is 22.5 Å². The highest BCUT2D eigenvalue weighted by Gasteiger charge is 2.18. The van der Waals surface area contributed by atoms with Gasteiger partial charge in [-0.3, -0.25) is 4.79 Å². The van der Waals surface area contributed by atoms with E-state index in [4.69, 9.17) is 11.6 Å². The molecule has 1 aliphatic rings. The van der Waals surface area contributed by atoms with E-state index in [1.54, 1.807) is 6.07 Å². The first-order valence-electron chi connectivity index (χ1n) is 5.45. The maximum atomic E-state index is 11.4. The molecule has 0 atom stereocenters. The van der Waals surface area contributed by atoms with Gasteiger partial charge in [0.15, 0.2) is 0 Å². The molecule has 0 spiro atoms. The van der Waals surface area contributed by atoms with E-state index < -0.39 is 0 Å². The highest BCUT2D eigenvalue weighted by atomic mass is 35.5. The molecule has 1 N–H and O–H groups in total.